The summed E-state index contributed by atoms with van der Waals surface area (Å²) in [7, 11) is 0. The van der Waals surface area contributed by atoms with Crippen LogP contribution in [0.3, 0.4) is 0 Å². The Hall–Kier alpha value is -2.10. The molecule has 0 aliphatic carbocycles. The molecule has 0 fully saturated rings. The molecule has 0 spiro atoms. The van der Waals surface area contributed by atoms with E-state index in [1.54, 1.807) is 13.0 Å². The van der Waals surface area contributed by atoms with E-state index in [4.69, 9.17) is 9.62 Å². The molecule has 2 aromatic rings. The lowest BCUT2D eigenvalue weighted by molar-refractivity contribution is 0.317. The molecule has 1 heterocycles. The van der Waals surface area contributed by atoms with Gasteiger partial charge < -0.3 is 9.62 Å². The molecule has 0 unspecified atom stereocenters. The van der Waals surface area contributed by atoms with Crippen LogP contribution in [-0.4, -0.2) is 10.9 Å². The van der Waals surface area contributed by atoms with Crippen molar-refractivity contribution in [3.8, 4) is 0 Å². The Bertz CT molecular complexity index is 598. The molecule has 0 atom stereocenters. The third-order valence-electron chi connectivity index (χ3n) is 2.35. The molecule has 0 aliphatic rings. The highest BCUT2D eigenvalue weighted by Crippen LogP contribution is 2.17. The summed E-state index contributed by atoms with van der Waals surface area (Å²) in [5.74, 6) is 0. The maximum Gasteiger partial charge on any atom is 0.336 e. The molecule has 0 radical (unpaired) electrons. The van der Waals surface area contributed by atoms with Crippen LogP contribution >= 0.6 is 0 Å². The van der Waals surface area contributed by atoms with E-state index in [1.165, 1.54) is 6.07 Å². The SMILES string of the molecule is C/C(Cc1cc(=O)oc2ccccc12)=N\O. The number of hydrogen-bond acceptors (Lipinski definition) is 4. The zero-order chi connectivity index (χ0) is 11.5. The van der Waals surface area contributed by atoms with E-state index in [2.05, 4.69) is 5.16 Å². The predicted molar refractivity (Wildman–Crippen MR) is 61.1 cm³/mol. The second-order valence-corrected chi connectivity index (χ2v) is 3.60. The number of oxime groups is 1. The first-order valence-electron chi connectivity index (χ1n) is 4.90. The van der Waals surface area contributed by atoms with Crippen molar-refractivity contribution in [2.24, 2.45) is 5.16 Å². The van der Waals surface area contributed by atoms with Crippen LogP contribution in [0.2, 0.25) is 0 Å². The lowest BCUT2D eigenvalue weighted by atomic mass is 10.1. The minimum atomic E-state index is -0.389. The van der Waals surface area contributed by atoms with E-state index >= 15 is 0 Å². The molecule has 4 heteroatoms. The average molecular weight is 217 g/mol. The second kappa shape index (κ2) is 4.18. The van der Waals surface area contributed by atoms with Crippen LogP contribution in [0.25, 0.3) is 11.0 Å². The molecular weight excluding hydrogens is 206 g/mol. The molecule has 0 saturated heterocycles. The molecule has 0 bridgehead atoms. The van der Waals surface area contributed by atoms with Crippen molar-refractivity contribution in [1.82, 2.24) is 0 Å². The van der Waals surface area contributed by atoms with Crippen LogP contribution in [0.5, 0.6) is 0 Å². The molecule has 2 rings (SSSR count). The first-order valence-corrected chi connectivity index (χ1v) is 4.90. The Labute approximate surface area is 91.8 Å². The van der Waals surface area contributed by atoms with E-state index in [0.717, 1.165) is 10.9 Å². The molecule has 82 valence electrons. The number of rotatable bonds is 2. The summed E-state index contributed by atoms with van der Waals surface area (Å²) in [6, 6.07) is 8.72. The van der Waals surface area contributed by atoms with E-state index in [1.807, 2.05) is 18.2 Å². The van der Waals surface area contributed by atoms with Crippen LogP contribution in [-0.2, 0) is 6.42 Å². The van der Waals surface area contributed by atoms with Crippen molar-refractivity contribution < 1.29 is 9.62 Å². The lowest BCUT2D eigenvalue weighted by Crippen LogP contribution is -2.04. The highest BCUT2D eigenvalue weighted by Gasteiger charge is 2.06. The van der Waals surface area contributed by atoms with Crippen molar-refractivity contribution in [3.05, 3.63) is 46.3 Å². The quantitative estimate of drug-likeness (QED) is 0.363. The van der Waals surface area contributed by atoms with E-state index < -0.39 is 0 Å². The van der Waals surface area contributed by atoms with Crippen LogP contribution in [0.1, 0.15) is 12.5 Å². The van der Waals surface area contributed by atoms with Crippen LogP contribution in [0.15, 0.2) is 44.7 Å². The summed E-state index contributed by atoms with van der Waals surface area (Å²) in [5.41, 5.74) is 1.52. The van der Waals surface area contributed by atoms with Gasteiger partial charge in [0.1, 0.15) is 5.58 Å². The Balaban J connectivity index is 2.63. The highest BCUT2D eigenvalue weighted by atomic mass is 16.4. The maximum atomic E-state index is 11.3. The van der Waals surface area contributed by atoms with Crippen molar-refractivity contribution in [1.29, 1.82) is 0 Å². The molecule has 1 aromatic carbocycles. The largest absolute Gasteiger partial charge is 0.423 e. The standard InChI is InChI=1S/C12H11NO3/c1-8(13-15)6-9-7-12(14)16-11-5-3-2-4-10(9)11/h2-5,7,15H,6H2,1H3/b13-8+. The first-order chi connectivity index (χ1) is 7.70. The average Bonchev–Trinajstić information content (AvgIpc) is 2.28. The molecule has 0 aliphatic heterocycles. The zero-order valence-electron chi connectivity index (χ0n) is 8.80. The maximum absolute atomic E-state index is 11.3. The van der Waals surface area contributed by atoms with E-state index in [9.17, 15) is 4.79 Å². The van der Waals surface area contributed by atoms with Gasteiger partial charge in [0.25, 0.3) is 0 Å². The van der Waals surface area contributed by atoms with Gasteiger partial charge in [-0.25, -0.2) is 4.79 Å². The van der Waals surface area contributed by atoms with Gasteiger partial charge in [-0.05, 0) is 18.6 Å². The van der Waals surface area contributed by atoms with Gasteiger partial charge in [-0.15, -0.1) is 0 Å². The van der Waals surface area contributed by atoms with Gasteiger partial charge in [0.05, 0.1) is 5.71 Å². The Morgan fingerprint density at radius 1 is 1.44 bits per heavy atom. The van der Waals surface area contributed by atoms with Crippen molar-refractivity contribution in [2.75, 3.05) is 0 Å². The van der Waals surface area contributed by atoms with Gasteiger partial charge in [0, 0.05) is 17.9 Å². The minimum absolute atomic E-state index is 0.389. The first kappa shape index (κ1) is 10.4. The van der Waals surface area contributed by atoms with Gasteiger partial charge in [0.2, 0.25) is 0 Å². The lowest BCUT2D eigenvalue weighted by Gasteiger charge is -2.03. The van der Waals surface area contributed by atoms with Gasteiger partial charge in [0.15, 0.2) is 0 Å². The Morgan fingerprint density at radius 3 is 2.94 bits per heavy atom. The fraction of sp³-hybridized carbons (Fsp3) is 0.167. The molecule has 4 nitrogen and oxygen atoms in total. The van der Waals surface area contributed by atoms with E-state index in [-0.39, 0.29) is 5.63 Å². The third-order valence-corrected chi connectivity index (χ3v) is 2.35. The van der Waals surface area contributed by atoms with Gasteiger partial charge in [-0.2, -0.15) is 0 Å². The summed E-state index contributed by atoms with van der Waals surface area (Å²) < 4.78 is 5.06. The topological polar surface area (TPSA) is 62.8 Å². The molecule has 0 saturated carbocycles. The monoisotopic (exact) mass is 217 g/mol. The van der Waals surface area contributed by atoms with Gasteiger partial charge >= 0.3 is 5.63 Å². The number of benzene rings is 1. The second-order valence-electron chi connectivity index (χ2n) is 3.60. The summed E-state index contributed by atoms with van der Waals surface area (Å²) in [6.07, 6.45) is 0.433. The summed E-state index contributed by atoms with van der Waals surface area (Å²) in [6.45, 7) is 1.70. The molecule has 16 heavy (non-hydrogen) atoms. The van der Waals surface area contributed by atoms with Crippen LogP contribution in [0, 0.1) is 0 Å². The van der Waals surface area contributed by atoms with Crippen molar-refractivity contribution >= 4 is 16.7 Å². The van der Waals surface area contributed by atoms with Crippen LogP contribution in [0.4, 0.5) is 0 Å². The molecule has 0 amide bonds. The molecular formula is C12H11NO3. The molecule has 1 N–H and O–H groups in total. The van der Waals surface area contributed by atoms with Gasteiger partial charge in [-0.3, -0.25) is 0 Å². The third kappa shape index (κ3) is 1.95. The van der Waals surface area contributed by atoms with Gasteiger partial charge in [-0.1, -0.05) is 23.4 Å². The fourth-order valence-corrected chi connectivity index (χ4v) is 1.64. The molecule has 1 aromatic heterocycles. The number of hydrogen-bond donors (Lipinski definition) is 1. The van der Waals surface area contributed by atoms with Crippen LogP contribution < -0.4 is 5.63 Å². The Kier molecular flexibility index (Phi) is 2.72. The number of nitrogens with zero attached hydrogens (tertiary/aromatic N) is 1. The van der Waals surface area contributed by atoms with Crippen molar-refractivity contribution in [3.63, 3.8) is 0 Å². The Morgan fingerprint density at radius 2 is 2.19 bits per heavy atom. The predicted octanol–water partition coefficient (Wildman–Crippen LogP) is 2.19. The highest BCUT2D eigenvalue weighted by molar-refractivity contribution is 5.89. The normalized spacial score (nSPS) is 11.9. The smallest absolute Gasteiger partial charge is 0.336 e. The number of para-hydroxylation sites is 1. The summed E-state index contributed by atoms with van der Waals surface area (Å²) in [5, 5.41) is 12.6. The summed E-state index contributed by atoms with van der Waals surface area (Å²) >= 11 is 0. The van der Waals surface area contributed by atoms with E-state index in [0.29, 0.717) is 17.7 Å². The summed E-state index contributed by atoms with van der Waals surface area (Å²) in [4.78, 5) is 11.3. The fourth-order valence-electron chi connectivity index (χ4n) is 1.64. The minimum Gasteiger partial charge on any atom is -0.423 e. The number of fused-ring (bicyclic) bond motifs is 1. The zero-order valence-corrected chi connectivity index (χ0v) is 8.80. The van der Waals surface area contributed by atoms with Crippen molar-refractivity contribution in [2.45, 2.75) is 13.3 Å².